The van der Waals surface area contributed by atoms with Crippen LogP contribution in [0.3, 0.4) is 0 Å². The molecule has 0 radical (unpaired) electrons. The molecule has 0 unspecified atom stereocenters. The fourth-order valence-electron chi connectivity index (χ4n) is 3.13. The zero-order chi connectivity index (χ0) is 20.3. The van der Waals surface area contributed by atoms with Gasteiger partial charge in [-0.05, 0) is 46.7 Å². The van der Waals surface area contributed by atoms with Crippen molar-refractivity contribution in [3.63, 3.8) is 0 Å². The van der Waals surface area contributed by atoms with E-state index in [4.69, 9.17) is 4.52 Å². The Morgan fingerprint density at radius 1 is 0.714 bits per heavy atom. The van der Waals surface area contributed by atoms with Crippen molar-refractivity contribution in [1.82, 2.24) is 0 Å². The van der Waals surface area contributed by atoms with Crippen LogP contribution in [-0.4, -0.2) is 9.79 Å². The molecule has 28 heavy (non-hydrogen) atoms. The van der Waals surface area contributed by atoms with E-state index in [1.807, 2.05) is 54.6 Å². The number of rotatable bonds is 6. The summed E-state index contributed by atoms with van der Waals surface area (Å²) in [7, 11) is -3.73. The first-order valence-electron chi connectivity index (χ1n) is 9.62. The normalized spacial score (nSPS) is 11.9. The minimum Gasteiger partial charge on any atom is -0.281 e. The highest BCUT2D eigenvalue weighted by Crippen LogP contribution is 2.51. The summed E-state index contributed by atoms with van der Waals surface area (Å²) in [5.41, 5.74) is 4.30. The molecule has 0 saturated carbocycles. The van der Waals surface area contributed by atoms with Gasteiger partial charge in [0.2, 0.25) is 0 Å². The molecule has 0 aliphatic rings. The van der Waals surface area contributed by atoms with Gasteiger partial charge in [-0.3, -0.25) is 4.52 Å². The first-order valence-corrected chi connectivity index (χ1v) is 11.2. The monoisotopic (exact) mass is 395 g/mol. The van der Waals surface area contributed by atoms with E-state index in [1.54, 1.807) is 12.1 Å². The molecule has 0 aromatic heterocycles. The molecule has 0 aliphatic heterocycles. The quantitative estimate of drug-likeness (QED) is 0.499. The third kappa shape index (κ3) is 4.62. The van der Waals surface area contributed by atoms with Gasteiger partial charge in [0, 0.05) is 5.56 Å². The maximum atomic E-state index is 10.7. The summed E-state index contributed by atoms with van der Waals surface area (Å²) in [5.74, 6) is 1.15. The second kappa shape index (κ2) is 8.45. The molecular weight excluding hydrogens is 367 g/mol. The smallest absolute Gasteiger partial charge is 0.281 e. The van der Waals surface area contributed by atoms with Gasteiger partial charge in [0.25, 0.3) is 0 Å². The lowest BCUT2D eigenvalue weighted by Gasteiger charge is -2.18. The van der Waals surface area contributed by atoms with Crippen LogP contribution in [0.5, 0.6) is 5.75 Å². The van der Waals surface area contributed by atoms with E-state index in [0.29, 0.717) is 17.0 Å². The minimum absolute atomic E-state index is 0.217. The van der Waals surface area contributed by atoms with E-state index < -0.39 is 7.94 Å². The van der Waals surface area contributed by atoms with Gasteiger partial charge in [0.05, 0.1) is 0 Å². The average Bonchev–Trinajstić information content (AvgIpc) is 2.68. The van der Waals surface area contributed by atoms with Gasteiger partial charge in [-0.25, -0.2) is 0 Å². The van der Waals surface area contributed by atoms with E-state index in [2.05, 4.69) is 33.8 Å². The molecule has 4 heteroatoms. The molecule has 0 amide bonds. The Morgan fingerprint density at radius 2 is 1.32 bits per heavy atom. The summed E-state index contributed by atoms with van der Waals surface area (Å²) in [6.07, 6.45) is 0. The summed E-state index contributed by atoms with van der Waals surface area (Å²) in [5, 5.41) is 0.398. The Labute approximate surface area is 168 Å². The molecule has 3 rings (SSSR count). The number of hydrogen-bond acceptors (Lipinski definition) is 3. The zero-order valence-electron chi connectivity index (χ0n) is 16.8. The van der Waals surface area contributed by atoms with Crippen molar-refractivity contribution in [2.75, 3.05) is 0 Å². The highest BCUT2D eigenvalue weighted by molar-refractivity contribution is 7.68. The first-order chi connectivity index (χ1) is 13.3. The van der Waals surface area contributed by atoms with Crippen LogP contribution in [0.4, 0.5) is 0 Å². The molecule has 146 valence electrons. The van der Waals surface area contributed by atoms with Crippen molar-refractivity contribution in [2.45, 2.75) is 39.5 Å². The number of benzene rings is 3. The van der Waals surface area contributed by atoms with Gasteiger partial charge >= 0.3 is 7.94 Å². The summed E-state index contributed by atoms with van der Waals surface area (Å²) in [6.45, 7) is 8.44. The molecule has 0 aliphatic carbocycles. The summed E-state index contributed by atoms with van der Waals surface area (Å²) < 4.78 is 5.78. The second-order valence-corrected chi connectivity index (χ2v) is 9.44. The van der Waals surface area contributed by atoms with Crippen LogP contribution in [0.1, 0.15) is 50.7 Å². The van der Waals surface area contributed by atoms with Crippen LogP contribution in [0.2, 0.25) is 0 Å². The van der Waals surface area contributed by atoms with Crippen LogP contribution in [0.25, 0.3) is 11.1 Å². The first kappa shape index (κ1) is 20.5. The lowest BCUT2D eigenvalue weighted by atomic mass is 9.95. The molecule has 0 atom stereocenters. The van der Waals surface area contributed by atoms with E-state index in [9.17, 15) is 9.79 Å². The van der Waals surface area contributed by atoms with Crippen LogP contribution in [0, 0.1) is 0 Å². The Hall–Kier alpha value is -2.19. The summed E-state index contributed by atoms with van der Waals surface area (Å²) in [6, 6.07) is 23.2. The van der Waals surface area contributed by atoms with Gasteiger partial charge in [-0.1, -0.05) is 82.3 Å². The largest absolute Gasteiger partial charge is 0.487 e. The van der Waals surface area contributed by atoms with Crippen LogP contribution in [-0.2, 0) is 0 Å². The molecule has 0 heterocycles. The lowest BCUT2D eigenvalue weighted by molar-refractivity contribution is 0.352. The van der Waals surface area contributed by atoms with Gasteiger partial charge in [0.15, 0.2) is 11.1 Å². The SMILES string of the molecule is CC(C)c1ccc(O[P+](O)(O)c2ccc(-c3ccccc3)cc2)c(C(C)C)c1. The molecular formula is C24H28O3P+. The summed E-state index contributed by atoms with van der Waals surface area (Å²) in [4.78, 5) is 21.5. The van der Waals surface area contributed by atoms with Gasteiger partial charge in [-0.2, -0.15) is 9.79 Å². The van der Waals surface area contributed by atoms with E-state index in [-0.39, 0.29) is 5.92 Å². The van der Waals surface area contributed by atoms with Gasteiger partial charge in [-0.15, -0.1) is 0 Å². The Bertz CT molecular complexity index is 916. The standard InChI is InChI=1S/C24H28O3P/c1-17(2)21-12-15-24(23(16-21)18(3)4)27-28(25,26)22-13-10-20(11-14-22)19-8-6-5-7-9-19/h5-18,25-26H,1-4H3/q+1. The zero-order valence-corrected chi connectivity index (χ0v) is 17.7. The van der Waals surface area contributed by atoms with E-state index in [1.165, 1.54) is 5.56 Å². The van der Waals surface area contributed by atoms with Crippen LogP contribution < -0.4 is 9.83 Å². The van der Waals surface area contributed by atoms with E-state index >= 15 is 0 Å². The predicted molar refractivity (Wildman–Crippen MR) is 118 cm³/mol. The van der Waals surface area contributed by atoms with Gasteiger partial charge in [0.1, 0.15) is 0 Å². The highest BCUT2D eigenvalue weighted by Gasteiger charge is 2.41. The molecule has 3 nitrogen and oxygen atoms in total. The third-order valence-electron chi connectivity index (χ3n) is 4.86. The average molecular weight is 395 g/mol. The molecule has 0 spiro atoms. The lowest BCUT2D eigenvalue weighted by Crippen LogP contribution is -2.16. The van der Waals surface area contributed by atoms with Crippen LogP contribution >= 0.6 is 7.94 Å². The molecule has 3 aromatic rings. The van der Waals surface area contributed by atoms with Crippen molar-refractivity contribution in [3.8, 4) is 16.9 Å². The molecule has 2 N–H and O–H groups in total. The predicted octanol–water partition coefficient (Wildman–Crippen LogP) is 6.05. The van der Waals surface area contributed by atoms with Crippen molar-refractivity contribution >= 4 is 13.2 Å². The summed E-state index contributed by atoms with van der Waals surface area (Å²) >= 11 is 0. The molecule has 0 fully saturated rings. The van der Waals surface area contributed by atoms with Crippen molar-refractivity contribution in [3.05, 3.63) is 83.9 Å². The highest BCUT2D eigenvalue weighted by atomic mass is 31.2. The van der Waals surface area contributed by atoms with E-state index in [0.717, 1.165) is 16.7 Å². The Morgan fingerprint density at radius 3 is 1.89 bits per heavy atom. The maximum Gasteiger partial charge on any atom is 0.487 e. The number of hydrogen-bond donors (Lipinski definition) is 2. The van der Waals surface area contributed by atoms with Crippen LogP contribution in [0.15, 0.2) is 72.8 Å². The van der Waals surface area contributed by atoms with Crippen molar-refractivity contribution in [1.29, 1.82) is 0 Å². The Balaban J connectivity index is 1.87. The fraction of sp³-hybridized carbons (Fsp3) is 0.250. The topological polar surface area (TPSA) is 49.7 Å². The van der Waals surface area contributed by atoms with Crippen molar-refractivity contribution < 1.29 is 14.3 Å². The van der Waals surface area contributed by atoms with Gasteiger partial charge < -0.3 is 0 Å². The minimum atomic E-state index is -3.73. The maximum absolute atomic E-state index is 10.7. The fourth-order valence-corrected chi connectivity index (χ4v) is 4.21. The molecule has 0 saturated heterocycles. The van der Waals surface area contributed by atoms with Crippen molar-refractivity contribution in [2.24, 2.45) is 0 Å². The second-order valence-electron chi connectivity index (χ2n) is 7.65. The third-order valence-corrected chi connectivity index (χ3v) is 6.28. The Kier molecular flexibility index (Phi) is 6.20. The molecule has 3 aromatic carbocycles. The molecule has 0 bridgehead atoms.